The molecule has 2 atom stereocenters. The van der Waals surface area contributed by atoms with Gasteiger partial charge in [-0.2, -0.15) is 0 Å². The fraction of sp³-hybridized carbons (Fsp3) is 0.333. The van der Waals surface area contributed by atoms with E-state index in [-0.39, 0.29) is 17.0 Å². The Labute approximate surface area is 233 Å². The maximum atomic E-state index is 13.9. The first-order valence-electron chi connectivity index (χ1n) is 13.5. The van der Waals surface area contributed by atoms with Crippen molar-refractivity contribution in [1.82, 2.24) is 4.90 Å². The molecule has 204 valence electrons. The summed E-state index contributed by atoms with van der Waals surface area (Å²) in [4.78, 5) is 29.2. The van der Waals surface area contributed by atoms with Gasteiger partial charge in [0.15, 0.2) is 0 Å². The van der Waals surface area contributed by atoms with Gasteiger partial charge in [0.2, 0.25) is 0 Å². The normalized spacial score (nSPS) is 19.5. The quantitative estimate of drug-likeness (QED) is 0.208. The molecule has 6 heteroatoms. The topological polar surface area (TPSA) is 55.8 Å². The van der Waals surface area contributed by atoms with Gasteiger partial charge in [-0.15, -0.1) is 6.58 Å². The zero-order valence-corrected chi connectivity index (χ0v) is 24.4. The molecule has 1 heterocycles. The molecule has 5 nitrogen and oxygen atoms in total. The molecule has 1 amide bonds. The van der Waals surface area contributed by atoms with Crippen molar-refractivity contribution in [3.8, 4) is 0 Å². The first-order valence-corrected chi connectivity index (χ1v) is 15.5. The highest BCUT2D eigenvalue weighted by molar-refractivity contribution is 6.99. The van der Waals surface area contributed by atoms with Gasteiger partial charge in [0, 0.05) is 18.5 Å². The van der Waals surface area contributed by atoms with Crippen LogP contribution in [-0.2, 0) is 14.0 Å². The van der Waals surface area contributed by atoms with E-state index in [1.165, 1.54) is 7.11 Å². The standard InChI is InChI=1S/C33H39NO4Si/c1-6-7-23-33(31(36)37-5)24-27(25-34(33)30(35)26-17-11-8-12-18-26)38-39(32(2,3)4,28-19-13-9-14-20-28)29-21-15-10-16-22-29/h6,8-22,27H,1,7,23-25H2,2-5H3/t27-,33-/m1/s1. The van der Waals surface area contributed by atoms with E-state index in [4.69, 9.17) is 9.16 Å². The van der Waals surface area contributed by atoms with Crippen LogP contribution in [-0.4, -0.2) is 50.4 Å². The predicted molar refractivity (Wildman–Crippen MR) is 159 cm³/mol. The minimum absolute atomic E-state index is 0.196. The fourth-order valence-corrected chi connectivity index (χ4v) is 10.7. The third kappa shape index (κ3) is 5.36. The number of esters is 1. The van der Waals surface area contributed by atoms with Crippen LogP contribution in [0.25, 0.3) is 0 Å². The zero-order valence-electron chi connectivity index (χ0n) is 23.4. The van der Waals surface area contributed by atoms with Gasteiger partial charge in [0.05, 0.1) is 13.2 Å². The van der Waals surface area contributed by atoms with Gasteiger partial charge in [-0.1, -0.05) is 106 Å². The molecule has 0 aromatic heterocycles. The van der Waals surface area contributed by atoms with Gasteiger partial charge in [0.25, 0.3) is 14.2 Å². The number of allylic oxidation sites excluding steroid dienone is 1. The first kappa shape index (κ1) is 28.5. The van der Waals surface area contributed by atoms with Gasteiger partial charge in [-0.05, 0) is 40.4 Å². The van der Waals surface area contributed by atoms with Crippen molar-refractivity contribution in [3.63, 3.8) is 0 Å². The number of nitrogens with zero attached hydrogens (tertiary/aromatic N) is 1. The van der Waals surface area contributed by atoms with Crippen molar-refractivity contribution in [1.29, 1.82) is 0 Å². The maximum absolute atomic E-state index is 13.9. The number of carbonyl (C=O) groups excluding carboxylic acids is 2. The van der Waals surface area contributed by atoms with Gasteiger partial charge in [-0.25, -0.2) is 4.79 Å². The molecule has 4 rings (SSSR count). The summed E-state index contributed by atoms with van der Waals surface area (Å²) in [5.41, 5.74) is -0.609. The Balaban J connectivity index is 1.85. The smallest absolute Gasteiger partial charge is 0.331 e. The van der Waals surface area contributed by atoms with E-state index in [0.29, 0.717) is 31.4 Å². The van der Waals surface area contributed by atoms with Crippen LogP contribution in [0.1, 0.15) is 50.4 Å². The lowest BCUT2D eigenvalue weighted by molar-refractivity contribution is -0.152. The summed E-state index contributed by atoms with van der Waals surface area (Å²) in [6, 6.07) is 30.0. The summed E-state index contributed by atoms with van der Waals surface area (Å²) in [7, 11) is -1.52. The number of amides is 1. The molecule has 1 fully saturated rings. The second kappa shape index (κ2) is 11.7. The molecule has 3 aromatic rings. The highest BCUT2D eigenvalue weighted by Gasteiger charge is 2.58. The number of methoxy groups -OCH3 is 1. The van der Waals surface area contributed by atoms with E-state index in [9.17, 15) is 9.59 Å². The summed E-state index contributed by atoms with van der Waals surface area (Å²) in [5, 5.41) is 2.08. The number of hydrogen-bond acceptors (Lipinski definition) is 4. The van der Waals surface area contributed by atoms with Gasteiger partial charge < -0.3 is 14.1 Å². The van der Waals surface area contributed by atoms with E-state index < -0.39 is 19.8 Å². The molecule has 0 saturated carbocycles. The summed E-state index contributed by atoms with van der Waals surface area (Å²) in [6.07, 6.45) is 2.76. The number of likely N-dealkylation sites (tertiary alicyclic amines) is 1. The minimum Gasteiger partial charge on any atom is -0.467 e. The van der Waals surface area contributed by atoms with Crippen LogP contribution in [0, 0.1) is 0 Å². The minimum atomic E-state index is -2.91. The van der Waals surface area contributed by atoms with Crippen LogP contribution in [0.2, 0.25) is 5.04 Å². The fourth-order valence-electron chi connectivity index (χ4n) is 6.03. The van der Waals surface area contributed by atoms with E-state index in [0.717, 1.165) is 10.4 Å². The van der Waals surface area contributed by atoms with Gasteiger partial charge >= 0.3 is 5.97 Å². The molecule has 1 saturated heterocycles. The Morgan fingerprint density at radius 3 is 1.92 bits per heavy atom. The van der Waals surface area contributed by atoms with E-state index in [1.54, 1.807) is 23.1 Å². The van der Waals surface area contributed by atoms with Crippen LogP contribution in [0.4, 0.5) is 0 Å². The van der Waals surface area contributed by atoms with Crippen LogP contribution < -0.4 is 10.4 Å². The van der Waals surface area contributed by atoms with Crippen molar-refractivity contribution in [3.05, 3.63) is 109 Å². The highest BCUT2D eigenvalue weighted by Crippen LogP contribution is 2.43. The summed E-state index contributed by atoms with van der Waals surface area (Å²) < 4.78 is 12.7. The second-order valence-corrected chi connectivity index (χ2v) is 15.5. The monoisotopic (exact) mass is 541 g/mol. The Kier molecular flexibility index (Phi) is 8.57. The van der Waals surface area contributed by atoms with Crippen LogP contribution in [0.15, 0.2) is 104 Å². The number of carbonyl (C=O) groups is 2. The average molecular weight is 542 g/mol. The van der Waals surface area contributed by atoms with Gasteiger partial charge in [-0.3, -0.25) is 4.79 Å². The van der Waals surface area contributed by atoms with E-state index in [2.05, 4.69) is 75.9 Å². The number of ether oxygens (including phenoxy) is 1. The number of hydrogen-bond donors (Lipinski definition) is 0. The summed E-state index contributed by atoms with van der Waals surface area (Å²) in [6.45, 7) is 10.9. The maximum Gasteiger partial charge on any atom is 0.331 e. The van der Waals surface area contributed by atoms with E-state index >= 15 is 0 Å². The molecule has 0 spiro atoms. The van der Waals surface area contributed by atoms with Crippen molar-refractivity contribution >= 4 is 30.6 Å². The molecule has 1 aliphatic heterocycles. The largest absolute Gasteiger partial charge is 0.467 e. The summed E-state index contributed by atoms with van der Waals surface area (Å²) >= 11 is 0. The predicted octanol–water partition coefficient (Wildman–Crippen LogP) is 5.36. The van der Waals surface area contributed by atoms with Crippen LogP contribution in [0.5, 0.6) is 0 Å². The molecular weight excluding hydrogens is 502 g/mol. The Morgan fingerprint density at radius 2 is 1.46 bits per heavy atom. The molecule has 0 aliphatic carbocycles. The first-order chi connectivity index (χ1) is 18.7. The number of rotatable bonds is 9. The van der Waals surface area contributed by atoms with Crippen LogP contribution >= 0.6 is 0 Å². The highest BCUT2D eigenvalue weighted by atomic mass is 28.4. The lowest BCUT2D eigenvalue weighted by Crippen LogP contribution is -2.67. The van der Waals surface area contributed by atoms with Crippen molar-refractivity contribution in [2.75, 3.05) is 13.7 Å². The van der Waals surface area contributed by atoms with E-state index in [1.807, 2.05) is 30.3 Å². The lowest BCUT2D eigenvalue weighted by atomic mass is 9.89. The zero-order chi connectivity index (χ0) is 28.1. The van der Waals surface area contributed by atoms with Crippen molar-refractivity contribution in [2.24, 2.45) is 0 Å². The molecule has 0 bridgehead atoms. The lowest BCUT2D eigenvalue weighted by Gasteiger charge is -2.44. The Morgan fingerprint density at radius 1 is 0.949 bits per heavy atom. The second-order valence-electron chi connectivity index (χ2n) is 11.2. The Hall–Kier alpha value is -3.48. The average Bonchev–Trinajstić information content (AvgIpc) is 3.33. The van der Waals surface area contributed by atoms with Crippen molar-refractivity contribution < 1.29 is 18.8 Å². The van der Waals surface area contributed by atoms with Crippen molar-refractivity contribution in [2.45, 2.75) is 56.7 Å². The molecule has 3 aromatic carbocycles. The third-order valence-electron chi connectivity index (χ3n) is 7.82. The molecule has 39 heavy (non-hydrogen) atoms. The molecule has 0 unspecified atom stereocenters. The Bertz CT molecular complexity index is 1230. The summed E-state index contributed by atoms with van der Waals surface area (Å²) in [5.74, 6) is -0.610. The van der Waals surface area contributed by atoms with Gasteiger partial charge in [0.1, 0.15) is 5.54 Å². The SMILES string of the molecule is C=CCC[C@]1(C(=O)OC)C[C@@H](O[Si](c2ccccc2)(c2ccccc2)C(C)(C)C)CN1C(=O)c1ccccc1. The molecule has 1 aliphatic rings. The number of benzene rings is 3. The third-order valence-corrected chi connectivity index (χ3v) is 12.9. The molecular formula is C33H39NO4Si. The molecule has 0 radical (unpaired) electrons. The molecule has 0 N–H and O–H groups in total. The van der Waals surface area contributed by atoms with Crippen LogP contribution in [0.3, 0.4) is 0 Å².